The molecule has 0 atom stereocenters. The van der Waals surface area contributed by atoms with Gasteiger partial charge in [0.2, 0.25) is 5.91 Å². The van der Waals surface area contributed by atoms with Gasteiger partial charge in [-0.3, -0.25) is 9.59 Å². The molecule has 0 aliphatic carbocycles. The van der Waals surface area contributed by atoms with Gasteiger partial charge in [0.15, 0.2) is 5.16 Å². The number of aromatic nitrogens is 2. The Labute approximate surface area is 170 Å². The number of aryl methyl sites for hydroxylation is 2. The van der Waals surface area contributed by atoms with Gasteiger partial charge in [-0.25, -0.2) is 13.8 Å². The Morgan fingerprint density at radius 2 is 1.86 bits per heavy atom. The summed E-state index contributed by atoms with van der Waals surface area (Å²) in [5.41, 5.74) is 2.00. The van der Waals surface area contributed by atoms with Crippen molar-refractivity contribution >= 4 is 23.4 Å². The molecule has 2 aromatic carbocycles. The number of nitrogens with zero attached hydrogens (tertiary/aromatic N) is 1. The van der Waals surface area contributed by atoms with E-state index in [4.69, 9.17) is 0 Å². The van der Waals surface area contributed by atoms with Crippen molar-refractivity contribution in [2.24, 2.45) is 0 Å². The van der Waals surface area contributed by atoms with Crippen LogP contribution in [-0.4, -0.2) is 15.9 Å². The second-order valence-electron chi connectivity index (χ2n) is 6.54. The van der Waals surface area contributed by atoms with Crippen LogP contribution in [0.15, 0.2) is 52.4 Å². The SMILES string of the molecule is Cc1ccc(NC(=O)Cc2c(C)nc(SCc3ccc(F)cc3)[nH]c2=O)cc1F. The van der Waals surface area contributed by atoms with E-state index in [1.165, 1.54) is 30.0 Å². The molecule has 0 spiro atoms. The Morgan fingerprint density at radius 1 is 1.14 bits per heavy atom. The van der Waals surface area contributed by atoms with Gasteiger partial charge in [0.05, 0.1) is 6.42 Å². The zero-order chi connectivity index (χ0) is 21.0. The Balaban J connectivity index is 1.66. The molecule has 3 rings (SSSR count). The number of H-pyrrole nitrogens is 1. The van der Waals surface area contributed by atoms with Crippen LogP contribution in [-0.2, 0) is 17.0 Å². The van der Waals surface area contributed by atoms with Gasteiger partial charge in [0.1, 0.15) is 11.6 Å². The molecule has 0 unspecified atom stereocenters. The summed E-state index contributed by atoms with van der Waals surface area (Å²) < 4.78 is 26.6. The number of amides is 1. The lowest BCUT2D eigenvalue weighted by Crippen LogP contribution is -2.23. The van der Waals surface area contributed by atoms with E-state index in [0.29, 0.717) is 27.9 Å². The topological polar surface area (TPSA) is 74.8 Å². The minimum absolute atomic E-state index is 0.174. The molecular formula is C21H19F2N3O2S. The van der Waals surface area contributed by atoms with Crippen LogP contribution in [0.2, 0.25) is 0 Å². The lowest BCUT2D eigenvalue weighted by atomic mass is 10.1. The van der Waals surface area contributed by atoms with Crippen molar-refractivity contribution in [1.29, 1.82) is 0 Å². The lowest BCUT2D eigenvalue weighted by Gasteiger charge is -2.09. The summed E-state index contributed by atoms with van der Waals surface area (Å²) in [6, 6.07) is 10.5. The summed E-state index contributed by atoms with van der Waals surface area (Å²) in [6.07, 6.45) is -0.174. The molecule has 1 aromatic heterocycles. The molecule has 0 aliphatic heterocycles. The van der Waals surface area contributed by atoms with Gasteiger partial charge < -0.3 is 10.3 Å². The number of rotatable bonds is 6. The highest BCUT2D eigenvalue weighted by Gasteiger charge is 2.14. The summed E-state index contributed by atoms with van der Waals surface area (Å²) in [5.74, 6) is -0.643. The molecule has 0 bridgehead atoms. The Bertz CT molecular complexity index is 1100. The zero-order valence-corrected chi connectivity index (χ0v) is 16.7. The van der Waals surface area contributed by atoms with E-state index in [1.54, 1.807) is 38.1 Å². The van der Waals surface area contributed by atoms with E-state index < -0.39 is 17.3 Å². The number of benzene rings is 2. The summed E-state index contributed by atoms with van der Waals surface area (Å²) >= 11 is 1.31. The van der Waals surface area contributed by atoms with Crippen molar-refractivity contribution in [2.75, 3.05) is 5.32 Å². The van der Waals surface area contributed by atoms with Crippen LogP contribution >= 0.6 is 11.8 Å². The molecule has 29 heavy (non-hydrogen) atoms. The molecule has 0 aliphatic rings. The first kappa shape index (κ1) is 20.7. The van der Waals surface area contributed by atoms with Crippen LogP contribution in [0.4, 0.5) is 14.5 Å². The maximum Gasteiger partial charge on any atom is 0.255 e. The first-order valence-electron chi connectivity index (χ1n) is 8.85. The van der Waals surface area contributed by atoms with Crippen molar-refractivity contribution in [3.05, 3.63) is 86.8 Å². The predicted octanol–water partition coefficient (Wildman–Crippen LogP) is 4.14. The minimum atomic E-state index is -0.435. The first-order chi connectivity index (χ1) is 13.8. The van der Waals surface area contributed by atoms with Crippen LogP contribution in [0.25, 0.3) is 0 Å². The summed E-state index contributed by atoms with van der Waals surface area (Å²) in [4.78, 5) is 31.7. The number of aromatic amines is 1. The van der Waals surface area contributed by atoms with Crippen LogP contribution < -0.4 is 10.9 Å². The van der Waals surface area contributed by atoms with E-state index in [-0.39, 0.29) is 17.8 Å². The van der Waals surface area contributed by atoms with Gasteiger partial charge in [-0.2, -0.15) is 0 Å². The molecule has 1 amide bonds. The number of hydrogen-bond acceptors (Lipinski definition) is 4. The Morgan fingerprint density at radius 3 is 2.52 bits per heavy atom. The van der Waals surface area contributed by atoms with Crippen LogP contribution in [0.1, 0.15) is 22.4 Å². The van der Waals surface area contributed by atoms with Crippen LogP contribution in [0, 0.1) is 25.5 Å². The van der Waals surface area contributed by atoms with Gasteiger partial charge in [-0.1, -0.05) is 30.0 Å². The average molecular weight is 415 g/mol. The van der Waals surface area contributed by atoms with Crippen molar-refractivity contribution in [3.63, 3.8) is 0 Å². The molecule has 0 saturated heterocycles. The fourth-order valence-electron chi connectivity index (χ4n) is 2.63. The number of anilines is 1. The van der Waals surface area contributed by atoms with Crippen molar-refractivity contribution in [3.8, 4) is 0 Å². The fraction of sp³-hybridized carbons (Fsp3) is 0.190. The molecule has 0 fully saturated rings. The number of thioether (sulfide) groups is 1. The molecular weight excluding hydrogens is 396 g/mol. The molecule has 0 saturated carbocycles. The second-order valence-corrected chi connectivity index (χ2v) is 7.50. The summed E-state index contributed by atoms with van der Waals surface area (Å²) in [6.45, 7) is 3.29. The maximum atomic E-state index is 13.6. The highest BCUT2D eigenvalue weighted by Crippen LogP contribution is 2.19. The van der Waals surface area contributed by atoms with Gasteiger partial charge in [0, 0.05) is 22.7 Å². The fourth-order valence-corrected chi connectivity index (χ4v) is 3.49. The standard InChI is InChI=1S/C21H19F2N3O2S/c1-12-3-8-16(9-18(12)23)25-19(27)10-17-13(2)24-21(26-20(17)28)29-11-14-4-6-15(22)7-5-14/h3-9H,10-11H2,1-2H3,(H,25,27)(H,24,26,28). The first-order valence-corrected chi connectivity index (χ1v) is 9.83. The monoisotopic (exact) mass is 415 g/mol. The number of hydrogen-bond donors (Lipinski definition) is 2. The highest BCUT2D eigenvalue weighted by molar-refractivity contribution is 7.98. The molecule has 0 radical (unpaired) electrons. The summed E-state index contributed by atoms with van der Waals surface area (Å²) in [7, 11) is 0. The van der Waals surface area contributed by atoms with Crippen molar-refractivity contribution < 1.29 is 13.6 Å². The van der Waals surface area contributed by atoms with E-state index in [2.05, 4.69) is 15.3 Å². The van der Waals surface area contributed by atoms with Gasteiger partial charge in [-0.05, 0) is 49.2 Å². The van der Waals surface area contributed by atoms with Gasteiger partial charge in [0.25, 0.3) is 5.56 Å². The minimum Gasteiger partial charge on any atom is -0.326 e. The second kappa shape index (κ2) is 9.00. The number of halogens is 2. The molecule has 150 valence electrons. The summed E-state index contributed by atoms with van der Waals surface area (Å²) in [5, 5.41) is 3.00. The molecule has 8 heteroatoms. The quantitative estimate of drug-likeness (QED) is 0.469. The largest absolute Gasteiger partial charge is 0.326 e. The van der Waals surface area contributed by atoms with Crippen LogP contribution in [0.5, 0.6) is 0 Å². The smallest absolute Gasteiger partial charge is 0.255 e. The normalized spacial score (nSPS) is 10.8. The van der Waals surface area contributed by atoms with Gasteiger partial charge in [-0.15, -0.1) is 0 Å². The van der Waals surface area contributed by atoms with E-state index in [0.717, 1.165) is 5.56 Å². The predicted molar refractivity (Wildman–Crippen MR) is 109 cm³/mol. The lowest BCUT2D eigenvalue weighted by molar-refractivity contribution is -0.115. The zero-order valence-electron chi connectivity index (χ0n) is 15.9. The van der Waals surface area contributed by atoms with Gasteiger partial charge >= 0.3 is 0 Å². The highest BCUT2D eigenvalue weighted by atomic mass is 32.2. The average Bonchev–Trinajstić information content (AvgIpc) is 2.67. The van der Waals surface area contributed by atoms with E-state index >= 15 is 0 Å². The number of carbonyl (C=O) groups is 1. The number of carbonyl (C=O) groups excluding carboxylic acids is 1. The number of nitrogens with one attached hydrogen (secondary N) is 2. The Hall–Kier alpha value is -3.00. The Kier molecular flexibility index (Phi) is 6.43. The molecule has 1 heterocycles. The third kappa shape index (κ3) is 5.51. The van der Waals surface area contributed by atoms with Crippen LogP contribution in [0.3, 0.4) is 0 Å². The van der Waals surface area contributed by atoms with Crippen molar-refractivity contribution in [1.82, 2.24) is 9.97 Å². The third-order valence-electron chi connectivity index (χ3n) is 4.28. The molecule has 3 aromatic rings. The van der Waals surface area contributed by atoms with E-state index in [1.807, 2.05) is 0 Å². The third-order valence-corrected chi connectivity index (χ3v) is 5.23. The van der Waals surface area contributed by atoms with Crippen molar-refractivity contribution in [2.45, 2.75) is 31.2 Å². The molecule has 5 nitrogen and oxygen atoms in total. The van der Waals surface area contributed by atoms with E-state index in [9.17, 15) is 18.4 Å². The molecule has 2 N–H and O–H groups in total. The maximum absolute atomic E-state index is 13.6.